The van der Waals surface area contributed by atoms with Crippen LogP contribution < -0.4 is 10.9 Å². The minimum Gasteiger partial charge on any atom is -0.317 e. The highest BCUT2D eigenvalue weighted by atomic mass is 127. The molecular weight excluding hydrogens is 305 g/mol. The molecule has 0 aromatic carbocycles. The van der Waals surface area contributed by atoms with E-state index in [1.54, 1.807) is 10.9 Å². The van der Waals surface area contributed by atoms with Crippen LogP contribution in [0.15, 0.2) is 11.1 Å². The Hall–Kier alpha value is -0.430. The van der Waals surface area contributed by atoms with E-state index in [9.17, 15) is 4.79 Å². The number of hydrogen-bond acceptors (Lipinski definition) is 3. The first kappa shape index (κ1) is 12.6. The highest BCUT2D eigenvalue weighted by Gasteiger charge is 2.04. The molecule has 5 heteroatoms. The maximum atomic E-state index is 11.7. The lowest BCUT2D eigenvalue weighted by molar-refractivity contribution is 0.570. The van der Waals surface area contributed by atoms with Crippen molar-refractivity contribution in [3.63, 3.8) is 0 Å². The standard InChI is InChI=1S/C10H16IN3O/c1-3-12-5-4-6-14-7-13-8(2)9(11)10(14)15/h7,12H,3-6H2,1-2H3. The molecule has 0 spiro atoms. The number of halogens is 1. The normalized spacial score (nSPS) is 10.6. The molecule has 1 N–H and O–H groups in total. The lowest BCUT2D eigenvalue weighted by atomic mass is 10.4. The molecule has 0 aliphatic rings. The van der Waals surface area contributed by atoms with Crippen LogP contribution in [-0.4, -0.2) is 22.6 Å². The first-order chi connectivity index (χ1) is 7.16. The van der Waals surface area contributed by atoms with Crippen molar-refractivity contribution < 1.29 is 0 Å². The minimum absolute atomic E-state index is 0.0691. The fourth-order valence-corrected chi connectivity index (χ4v) is 1.71. The summed E-state index contributed by atoms with van der Waals surface area (Å²) in [5.41, 5.74) is 0.878. The lowest BCUT2D eigenvalue weighted by Crippen LogP contribution is -2.26. The Bertz CT molecular complexity index is 375. The molecule has 0 atom stereocenters. The van der Waals surface area contributed by atoms with Crippen LogP contribution in [0.5, 0.6) is 0 Å². The van der Waals surface area contributed by atoms with Gasteiger partial charge in [0.05, 0.1) is 15.6 Å². The molecule has 1 aromatic rings. The van der Waals surface area contributed by atoms with Crippen LogP contribution in [0.1, 0.15) is 19.0 Å². The van der Waals surface area contributed by atoms with Crippen molar-refractivity contribution in [1.29, 1.82) is 0 Å². The zero-order valence-electron chi connectivity index (χ0n) is 9.09. The summed E-state index contributed by atoms with van der Waals surface area (Å²) in [4.78, 5) is 15.9. The van der Waals surface area contributed by atoms with Crippen LogP contribution in [0.25, 0.3) is 0 Å². The Labute approximate surface area is 103 Å². The molecule has 0 aliphatic carbocycles. The van der Waals surface area contributed by atoms with Gasteiger partial charge in [-0.05, 0) is 49.0 Å². The second-order valence-electron chi connectivity index (χ2n) is 3.35. The third-order valence-corrected chi connectivity index (χ3v) is 3.40. The number of rotatable bonds is 5. The monoisotopic (exact) mass is 321 g/mol. The molecule has 15 heavy (non-hydrogen) atoms. The van der Waals surface area contributed by atoms with E-state index in [2.05, 4.69) is 39.8 Å². The number of aryl methyl sites for hydroxylation is 2. The molecule has 1 aromatic heterocycles. The molecule has 0 radical (unpaired) electrons. The zero-order valence-corrected chi connectivity index (χ0v) is 11.2. The Morgan fingerprint density at radius 2 is 2.33 bits per heavy atom. The van der Waals surface area contributed by atoms with Gasteiger partial charge in [-0.15, -0.1) is 0 Å². The number of nitrogens with zero attached hydrogens (tertiary/aromatic N) is 2. The van der Waals surface area contributed by atoms with E-state index in [4.69, 9.17) is 0 Å². The predicted octanol–water partition coefficient (Wildman–Crippen LogP) is 1.16. The summed E-state index contributed by atoms with van der Waals surface area (Å²) >= 11 is 2.05. The minimum atomic E-state index is 0.0691. The Morgan fingerprint density at radius 3 is 3.00 bits per heavy atom. The van der Waals surface area contributed by atoms with Crippen LogP contribution in [0.3, 0.4) is 0 Å². The Kier molecular flexibility index (Phi) is 5.24. The molecule has 0 aliphatic heterocycles. The van der Waals surface area contributed by atoms with E-state index in [0.29, 0.717) is 0 Å². The van der Waals surface area contributed by atoms with Gasteiger partial charge in [0.2, 0.25) is 0 Å². The molecule has 0 fully saturated rings. The molecule has 1 rings (SSSR count). The van der Waals surface area contributed by atoms with Gasteiger partial charge in [-0.3, -0.25) is 9.36 Å². The molecule has 0 saturated carbocycles. The maximum Gasteiger partial charge on any atom is 0.266 e. The van der Waals surface area contributed by atoms with Gasteiger partial charge in [-0.2, -0.15) is 0 Å². The molecular formula is C10H16IN3O. The van der Waals surface area contributed by atoms with Crippen LogP contribution in [0.4, 0.5) is 0 Å². The van der Waals surface area contributed by atoms with Crippen LogP contribution in [0, 0.1) is 10.5 Å². The summed E-state index contributed by atoms with van der Waals surface area (Å²) in [6.45, 7) is 6.57. The van der Waals surface area contributed by atoms with Gasteiger partial charge in [-0.25, -0.2) is 4.98 Å². The molecule has 0 amide bonds. The quantitative estimate of drug-likeness (QED) is 0.654. The van der Waals surface area contributed by atoms with E-state index in [-0.39, 0.29) is 5.56 Å². The molecule has 4 nitrogen and oxygen atoms in total. The second kappa shape index (κ2) is 6.22. The molecule has 1 heterocycles. The largest absolute Gasteiger partial charge is 0.317 e. The average molecular weight is 321 g/mol. The van der Waals surface area contributed by atoms with E-state index in [1.807, 2.05) is 6.92 Å². The summed E-state index contributed by atoms with van der Waals surface area (Å²) in [7, 11) is 0. The van der Waals surface area contributed by atoms with Crippen molar-refractivity contribution in [2.75, 3.05) is 13.1 Å². The number of nitrogens with one attached hydrogen (secondary N) is 1. The molecule has 0 bridgehead atoms. The van der Waals surface area contributed by atoms with Gasteiger partial charge in [0.15, 0.2) is 0 Å². The summed E-state index contributed by atoms with van der Waals surface area (Å²) in [6.07, 6.45) is 2.58. The van der Waals surface area contributed by atoms with Crippen LogP contribution in [-0.2, 0) is 6.54 Å². The van der Waals surface area contributed by atoms with E-state index in [1.165, 1.54) is 0 Å². The zero-order chi connectivity index (χ0) is 11.3. The number of hydrogen-bond donors (Lipinski definition) is 1. The van der Waals surface area contributed by atoms with Crippen LogP contribution in [0.2, 0.25) is 0 Å². The van der Waals surface area contributed by atoms with E-state index < -0.39 is 0 Å². The van der Waals surface area contributed by atoms with Crippen molar-refractivity contribution in [2.45, 2.75) is 26.8 Å². The Balaban J connectivity index is 2.63. The van der Waals surface area contributed by atoms with Gasteiger partial charge >= 0.3 is 0 Å². The second-order valence-corrected chi connectivity index (χ2v) is 4.43. The highest BCUT2D eigenvalue weighted by molar-refractivity contribution is 14.1. The van der Waals surface area contributed by atoms with Crippen molar-refractivity contribution in [1.82, 2.24) is 14.9 Å². The predicted molar refractivity (Wildman–Crippen MR) is 69.1 cm³/mol. The van der Waals surface area contributed by atoms with Crippen molar-refractivity contribution in [3.8, 4) is 0 Å². The molecule has 0 unspecified atom stereocenters. The third-order valence-electron chi connectivity index (χ3n) is 2.16. The SMILES string of the molecule is CCNCCCn1cnc(C)c(I)c1=O. The fraction of sp³-hybridized carbons (Fsp3) is 0.600. The topological polar surface area (TPSA) is 46.9 Å². The van der Waals surface area contributed by atoms with Crippen molar-refractivity contribution >= 4 is 22.6 Å². The van der Waals surface area contributed by atoms with Gasteiger partial charge in [0.25, 0.3) is 5.56 Å². The first-order valence-electron chi connectivity index (χ1n) is 5.09. The number of aromatic nitrogens is 2. The lowest BCUT2D eigenvalue weighted by Gasteiger charge is -2.06. The average Bonchev–Trinajstić information content (AvgIpc) is 2.24. The highest BCUT2D eigenvalue weighted by Crippen LogP contribution is 2.01. The van der Waals surface area contributed by atoms with E-state index in [0.717, 1.165) is 35.3 Å². The van der Waals surface area contributed by atoms with Crippen molar-refractivity contribution in [3.05, 3.63) is 25.9 Å². The van der Waals surface area contributed by atoms with Crippen LogP contribution >= 0.6 is 22.6 Å². The summed E-state index contributed by atoms with van der Waals surface area (Å²) in [5, 5.41) is 3.23. The van der Waals surface area contributed by atoms with Gasteiger partial charge < -0.3 is 5.32 Å². The smallest absolute Gasteiger partial charge is 0.266 e. The van der Waals surface area contributed by atoms with Gasteiger partial charge in [0, 0.05) is 6.54 Å². The van der Waals surface area contributed by atoms with E-state index >= 15 is 0 Å². The molecule has 84 valence electrons. The summed E-state index contributed by atoms with van der Waals surface area (Å²) in [6, 6.07) is 0. The summed E-state index contributed by atoms with van der Waals surface area (Å²) < 4.78 is 2.39. The third kappa shape index (κ3) is 3.57. The first-order valence-corrected chi connectivity index (χ1v) is 6.17. The Morgan fingerprint density at radius 1 is 1.60 bits per heavy atom. The van der Waals surface area contributed by atoms with Crippen molar-refractivity contribution in [2.24, 2.45) is 0 Å². The van der Waals surface area contributed by atoms with Gasteiger partial charge in [-0.1, -0.05) is 6.92 Å². The fourth-order valence-electron chi connectivity index (χ4n) is 1.26. The summed E-state index contributed by atoms with van der Waals surface area (Å²) in [5.74, 6) is 0. The molecule has 0 saturated heterocycles. The maximum absolute atomic E-state index is 11.7. The van der Waals surface area contributed by atoms with Gasteiger partial charge in [0.1, 0.15) is 0 Å².